The summed E-state index contributed by atoms with van der Waals surface area (Å²) in [7, 11) is 0. The Morgan fingerprint density at radius 3 is 2.09 bits per heavy atom. The number of aliphatic hydroxyl groups excluding tert-OH is 1. The van der Waals surface area contributed by atoms with E-state index in [1.807, 2.05) is 0 Å². The first-order valence-electron chi connectivity index (χ1n) is 6.69. The molecule has 0 saturated carbocycles. The minimum Gasteiger partial charge on any atom is -0.388 e. The first-order valence-corrected chi connectivity index (χ1v) is 6.69. The van der Waals surface area contributed by atoms with E-state index in [1.54, 1.807) is 13.8 Å². The fourth-order valence-electron chi connectivity index (χ4n) is 2.25. The van der Waals surface area contributed by atoms with Gasteiger partial charge in [0.1, 0.15) is 5.69 Å². The molecule has 1 N–H and O–H groups in total. The summed E-state index contributed by atoms with van der Waals surface area (Å²) in [5.74, 6) is -0.476. The van der Waals surface area contributed by atoms with Crippen LogP contribution in [0.2, 0.25) is 0 Å². The van der Waals surface area contributed by atoms with Crippen molar-refractivity contribution in [3.8, 4) is 0 Å². The average Bonchev–Trinajstić information content (AvgIpc) is 2.42. The van der Waals surface area contributed by atoms with Crippen molar-refractivity contribution >= 4 is 10.9 Å². The van der Waals surface area contributed by atoms with Gasteiger partial charge >= 0.3 is 12.4 Å². The lowest BCUT2D eigenvalue weighted by molar-refractivity contribution is -0.142. The Morgan fingerprint density at radius 2 is 1.61 bits per heavy atom. The van der Waals surface area contributed by atoms with Crippen molar-refractivity contribution in [1.29, 1.82) is 0 Å². The van der Waals surface area contributed by atoms with Crippen LogP contribution >= 0.6 is 0 Å². The summed E-state index contributed by atoms with van der Waals surface area (Å²) in [6, 6.07) is 3.57. The molecule has 1 aromatic carbocycles. The monoisotopic (exact) mass is 337 g/mol. The molecule has 0 saturated heterocycles. The van der Waals surface area contributed by atoms with E-state index in [1.165, 1.54) is 6.07 Å². The Kier molecular flexibility index (Phi) is 4.32. The quantitative estimate of drug-likeness (QED) is 0.786. The van der Waals surface area contributed by atoms with Crippen molar-refractivity contribution in [3.05, 3.63) is 41.1 Å². The van der Waals surface area contributed by atoms with E-state index in [9.17, 15) is 31.4 Å². The number of benzene rings is 1. The summed E-state index contributed by atoms with van der Waals surface area (Å²) < 4.78 is 78.1. The predicted molar refractivity (Wildman–Crippen MR) is 71.5 cm³/mol. The van der Waals surface area contributed by atoms with Crippen LogP contribution in [0.5, 0.6) is 0 Å². The van der Waals surface area contributed by atoms with E-state index in [-0.39, 0.29) is 10.9 Å². The van der Waals surface area contributed by atoms with Crippen molar-refractivity contribution in [1.82, 2.24) is 4.98 Å². The molecule has 0 aliphatic carbocycles. The highest BCUT2D eigenvalue weighted by molar-refractivity contribution is 5.86. The summed E-state index contributed by atoms with van der Waals surface area (Å²) >= 11 is 0. The lowest BCUT2D eigenvalue weighted by Gasteiger charge is -2.20. The fraction of sp³-hybridized carbons (Fsp3) is 0.400. The van der Waals surface area contributed by atoms with Gasteiger partial charge in [-0.15, -0.1) is 0 Å². The smallest absolute Gasteiger partial charge is 0.388 e. The zero-order chi connectivity index (χ0) is 17.6. The number of rotatable bonds is 2. The lowest BCUT2D eigenvalue weighted by Crippen LogP contribution is -2.15. The van der Waals surface area contributed by atoms with E-state index in [0.717, 1.165) is 6.07 Å². The van der Waals surface area contributed by atoms with E-state index in [0.29, 0.717) is 12.1 Å². The molecule has 1 heterocycles. The Hall–Kier alpha value is -1.83. The number of fused-ring (bicyclic) bond motifs is 1. The number of hydrogen-bond acceptors (Lipinski definition) is 2. The maximum absolute atomic E-state index is 13.1. The molecule has 0 spiro atoms. The molecule has 126 valence electrons. The molecule has 8 heteroatoms. The summed E-state index contributed by atoms with van der Waals surface area (Å²) in [4.78, 5) is 3.16. The molecule has 0 bridgehead atoms. The second kappa shape index (κ2) is 5.67. The van der Waals surface area contributed by atoms with Crippen LogP contribution in [0.4, 0.5) is 26.3 Å². The number of halogens is 6. The van der Waals surface area contributed by atoms with Gasteiger partial charge in [-0.1, -0.05) is 26.0 Å². The number of pyridine rings is 1. The molecule has 0 unspecified atom stereocenters. The minimum absolute atomic E-state index is 0.144. The zero-order valence-electron chi connectivity index (χ0n) is 12.1. The third-order valence-corrected chi connectivity index (χ3v) is 3.42. The van der Waals surface area contributed by atoms with Crippen molar-refractivity contribution in [3.63, 3.8) is 0 Å². The summed E-state index contributed by atoms with van der Waals surface area (Å²) in [6.45, 7) is 3.11. The van der Waals surface area contributed by atoms with Crippen molar-refractivity contribution in [2.45, 2.75) is 32.3 Å². The molecule has 1 aromatic heterocycles. The summed E-state index contributed by atoms with van der Waals surface area (Å²) in [5.41, 5.74) is -3.76. The molecular weight excluding hydrogens is 324 g/mol. The van der Waals surface area contributed by atoms with Crippen LogP contribution in [-0.4, -0.2) is 10.1 Å². The maximum atomic E-state index is 13.1. The summed E-state index contributed by atoms with van der Waals surface area (Å²) in [6.07, 6.45) is -11.1. The van der Waals surface area contributed by atoms with Gasteiger partial charge in [0.05, 0.1) is 17.2 Å². The van der Waals surface area contributed by atoms with E-state index in [4.69, 9.17) is 0 Å². The Balaban J connectivity index is 2.89. The lowest BCUT2D eigenvalue weighted by atomic mass is 9.94. The van der Waals surface area contributed by atoms with Crippen molar-refractivity contribution in [2.75, 3.05) is 0 Å². The van der Waals surface area contributed by atoms with Gasteiger partial charge in [0.2, 0.25) is 0 Å². The summed E-state index contributed by atoms with van der Waals surface area (Å²) in [5, 5.41) is 9.96. The highest BCUT2D eigenvalue weighted by atomic mass is 19.4. The molecule has 2 rings (SSSR count). The highest BCUT2D eigenvalue weighted by Crippen LogP contribution is 2.39. The van der Waals surface area contributed by atoms with Crippen LogP contribution in [0.3, 0.4) is 0 Å². The van der Waals surface area contributed by atoms with Gasteiger partial charge in [0.25, 0.3) is 0 Å². The molecule has 0 aliphatic rings. The molecule has 0 aliphatic heterocycles. The number of aromatic nitrogens is 1. The molecule has 0 fully saturated rings. The van der Waals surface area contributed by atoms with Crippen LogP contribution in [0.1, 0.15) is 36.8 Å². The van der Waals surface area contributed by atoms with Crippen molar-refractivity contribution < 1.29 is 31.4 Å². The number of para-hydroxylation sites is 1. The average molecular weight is 337 g/mol. The molecular formula is C15H13F6NO. The Bertz CT molecular complexity index is 720. The van der Waals surface area contributed by atoms with Crippen LogP contribution in [0.15, 0.2) is 24.3 Å². The fourth-order valence-corrected chi connectivity index (χ4v) is 2.25. The number of nitrogens with zero attached hydrogens (tertiary/aromatic N) is 1. The Labute approximate surface area is 127 Å². The molecule has 0 amide bonds. The number of aliphatic hydroxyl groups is 1. The van der Waals surface area contributed by atoms with Gasteiger partial charge in [-0.2, -0.15) is 26.3 Å². The standard InChI is InChI=1S/C15H13F6NO/c1-7(2)13(23)9-6-11(15(19,20)21)22-12-8(9)4-3-5-10(12)14(16,17)18/h3-7,13,23H,1-2H3/t13-/m1/s1. The van der Waals surface area contributed by atoms with E-state index >= 15 is 0 Å². The van der Waals surface area contributed by atoms with Gasteiger partial charge in [-0.25, -0.2) is 4.98 Å². The molecule has 2 nitrogen and oxygen atoms in total. The normalized spacial score (nSPS) is 14.5. The van der Waals surface area contributed by atoms with E-state index in [2.05, 4.69) is 4.98 Å². The van der Waals surface area contributed by atoms with E-state index < -0.39 is 41.1 Å². The van der Waals surface area contributed by atoms with Crippen LogP contribution in [-0.2, 0) is 12.4 Å². The molecule has 0 radical (unpaired) electrons. The number of alkyl halides is 6. The van der Waals surface area contributed by atoms with Gasteiger partial charge < -0.3 is 5.11 Å². The topological polar surface area (TPSA) is 33.1 Å². The van der Waals surface area contributed by atoms with Gasteiger partial charge in [0.15, 0.2) is 0 Å². The van der Waals surface area contributed by atoms with Gasteiger partial charge in [-0.3, -0.25) is 0 Å². The highest BCUT2D eigenvalue weighted by Gasteiger charge is 2.38. The van der Waals surface area contributed by atoms with Crippen LogP contribution in [0, 0.1) is 5.92 Å². The third kappa shape index (κ3) is 3.41. The molecule has 23 heavy (non-hydrogen) atoms. The first-order chi connectivity index (χ1) is 10.4. The first kappa shape index (κ1) is 17.5. The van der Waals surface area contributed by atoms with Crippen LogP contribution < -0.4 is 0 Å². The zero-order valence-corrected chi connectivity index (χ0v) is 12.1. The van der Waals surface area contributed by atoms with Gasteiger partial charge in [-0.05, 0) is 23.6 Å². The molecule has 2 aromatic rings. The number of hydrogen-bond donors (Lipinski definition) is 1. The largest absolute Gasteiger partial charge is 0.433 e. The molecule has 1 atom stereocenters. The SMILES string of the molecule is CC(C)[C@@H](O)c1cc(C(F)(F)F)nc2c(C(F)(F)F)cccc12. The predicted octanol–water partition coefficient (Wildman–Crippen LogP) is 4.96. The van der Waals surface area contributed by atoms with Gasteiger partial charge in [0, 0.05) is 5.39 Å². The third-order valence-electron chi connectivity index (χ3n) is 3.42. The van der Waals surface area contributed by atoms with Crippen molar-refractivity contribution in [2.24, 2.45) is 5.92 Å². The minimum atomic E-state index is -4.92. The van der Waals surface area contributed by atoms with Crippen LogP contribution in [0.25, 0.3) is 10.9 Å². The maximum Gasteiger partial charge on any atom is 0.433 e. The second-order valence-corrected chi connectivity index (χ2v) is 5.48. The Morgan fingerprint density at radius 1 is 1.00 bits per heavy atom. The second-order valence-electron chi connectivity index (χ2n) is 5.48.